The van der Waals surface area contributed by atoms with Crippen LogP contribution in [0.15, 0.2) is 0 Å². The van der Waals surface area contributed by atoms with Crippen LogP contribution in [0.5, 0.6) is 0 Å². The van der Waals surface area contributed by atoms with E-state index < -0.39 is 0 Å². The molecular weight excluding hydrogens is 256 g/mol. The van der Waals surface area contributed by atoms with Crippen LogP contribution in [0.4, 0.5) is 0 Å². The molecule has 1 saturated heterocycles. The van der Waals surface area contributed by atoms with E-state index in [-0.39, 0.29) is 0 Å². The summed E-state index contributed by atoms with van der Waals surface area (Å²) in [5.41, 5.74) is 0.931. The van der Waals surface area contributed by atoms with Crippen LogP contribution in [-0.2, 0) is 0 Å². The Morgan fingerprint density at radius 2 is 1.86 bits per heavy atom. The van der Waals surface area contributed by atoms with Crippen molar-refractivity contribution in [2.45, 2.75) is 91.1 Å². The van der Waals surface area contributed by atoms with Gasteiger partial charge in [-0.2, -0.15) is 0 Å². The lowest BCUT2D eigenvalue weighted by Crippen LogP contribution is -2.66. The number of nitrogens with zero attached hydrogens (tertiary/aromatic N) is 1. The van der Waals surface area contributed by atoms with Gasteiger partial charge in [0.05, 0.1) is 0 Å². The monoisotopic (exact) mass is 294 g/mol. The predicted molar refractivity (Wildman–Crippen MR) is 92.7 cm³/mol. The maximum atomic E-state index is 3.92. The lowest BCUT2D eigenvalue weighted by atomic mass is 9.76. The fourth-order valence-electron chi connectivity index (χ4n) is 4.10. The largest absolute Gasteiger partial charge is 0.311 e. The van der Waals surface area contributed by atoms with Gasteiger partial charge < -0.3 is 5.32 Å². The Morgan fingerprint density at radius 1 is 1.19 bits per heavy atom. The Kier molecular flexibility index (Phi) is 5.76. The molecule has 2 unspecified atom stereocenters. The summed E-state index contributed by atoms with van der Waals surface area (Å²) in [6.45, 7) is 15.7. The number of hydrogen-bond acceptors (Lipinski definition) is 2. The average molecular weight is 295 g/mol. The van der Waals surface area contributed by atoms with E-state index in [1.807, 2.05) is 0 Å². The van der Waals surface area contributed by atoms with Crippen molar-refractivity contribution < 1.29 is 0 Å². The molecule has 1 aliphatic carbocycles. The molecule has 1 aliphatic heterocycles. The van der Waals surface area contributed by atoms with Gasteiger partial charge in [0.2, 0.25) is 0 Å². The molecule has 0 aromatic heterocycles. The van der Waals surface area contributed by atoms with Gasteiger partial charge in [-0.05, 0) is 37.1 Å². The molecular formula is C19H38N2. The summed E-state index contributed by atoms with van der Waals surface area (Å²) in [6, 6.07) is 0.697. The van der Waals surface area contributed by atoms with E-state index in [0.29, 0.717) is 17.0 Å². The summed E-state index contributed by atoms with van der Waals surface area (Å²) in [7, 11) is 0. The lowest BCUT2D eigenvalue weighted by molar-refractivity contribution is -0.00564. The molecule has 21 heavy (non-hydrogen) atoms. The summed E-state index contributed by atoms with van der Waals surface area (Å²) >= 11 is 0. The van der Waals surface area contributed by atoms with Crippen molar-refractivity contribution in [1.82, 2.24) is 10.2 Å². The summed E-state index contributed by atoms with van der Waals surface area (Å²) in [4.78, 5) is 2.89. The smallest absolute Gasteiger partial charge is 0.0334 e. The highest BCUT2D eigenvalue weighted by atomic mass is 15.3. The second-order valence-corrected chi connectivity index (χ2v) is 8.91. The van der Waals surface area contributed by atoms with Gasteiger partial charge in [0.25, 0.3) is 0 Å². The summed E-state index contributed by atoms with van der Waals surface area (Å²) < 4.78 is 0. The molecule has 2 atom stereocenters. The molecule has 1 spiro atoms. The zero-order valence-corrected chi connectivity index (χ0v) is 15.2. The average Bonchev–Trinajstić information content (AvgIpc) is 2.45. The van der Waals surface area contributed by atoms with E-state index in [0.717, 1.165) is 5.92 Å². The summed E-state index contributed by atoms with van der Waals surface area (Å²) in [5.74, 6) is 0.795. The van der Waals surface area contributed by atoms with Crippen molar-refractivity contribution in [3.05, 3.63) is 0 Å². The van der Waals surface area contributed by atoms with Crippen LogP contribution in [0.2, 0.25) is 0 Å². The van der Waals surface area contributed by atoms with Crippen LogP contribution in [-0.4, -0.2) is 36.1 Å². The number of piperazine rings is 1. The normalized spacial score (nSPS) is 28.7. The van der Waals surface area contributed by atoms with Crippen LogP contribution >= 0.6 is 0 Å². The minimum Gasteiger partial charge on any atom is -0.311 e. The van der Waals surface area contributed by atoms with Crippen molar-refractivity contribution >= 4 is 0 Å². The van der Waals surface area contributed by atoms with Gasteiger partial charge in [0.1, 0.15) is 0 Å². The molecule has 0 bridgehead atoms. The van der Waals surface area contributed by atoms with Crippen LogP contribution in [0.3, 0.4) is 0 Å². The Morgan fingerprint density at radius 3 is 2.43 bits per heavy atom. The molecule has 0 amide bonds. The first-order chi connectivity index (χ1) is 9.86. The van der Waals surface area contributed by atoms with Crippen molar-refractivity contribution in [3.8, 4) is 0 Å². The molecule has 2 fully saturated rings. The minimum atomic E-state index is 0.451. The van der Waals surface area contributed by atoms with Gasteiger partial charge in [0.15, 0.2) is 0 Å². The molecule has 1 heterocycles. The van der Waals surface area contributed by atoms with Gasteiger partial charge in [-0.15, -0.1) is 0 Å². The van der Waals surface area contributed by atoms with Crippen LogP contribution < -0.4 is 5.32 Å². The highest BCUT2D eigenvalue weighted by Crippen LogP contribution is 2.37. The second-order valence-electron chi connectivity index (χ2n) is 8.91. The molecule has 1 N–H and O–H groups in total. The molecule has 0 aromatic carbocycles. The van der Waals surface area contributed by atoms with Gasteiger partial charge in [0, 0.05) is 24.7 Å². The minimum absolute atomic E-state index is 0.451. The number of rotatable bonds is 4. The first-order valence-corrected chi connectivity index (χ1v) is 9.35. The van der Waals surface area contributed by atoms with Crippen LogP contribution in [0.25, 0.3) is 0 Å². The van der Waals surface area contributed by atoms with E-state index in [1.54, 1.807) is 0 Å². The quantitative estimate of drug-likeness (QED) is 0.824. The standard InChI is InChI=1S/C19H38N2/c1-6-16(2)17-14-21(13-12-18(3,4)5)19(15-20-17)10-8-7-9-11-19/h16-17,20H,6-15H2,1-5H3. The van der Waals surface area contributed by atoms with Crippen LogP contribution in [0, 0.1) is 11.3 Å². The van der Waals surface area contributed by atoms with Crippen LogP contribution in [0.1, 0.15) is 79.6 Å². The number of nitrogens with one attached hydrogen (secondary N) is 1. The van der Waals surface area contributed by atoms with Gasteiger partial charge in [-0.1, -0.05) is 60.3 Å². The molecule has 2 aliphatic rings. The SMILES string of the molecule is CCC(C)C1CN(CCC(C)(C)C)C2(CCCCC2)CN1. The third-order valence-electron chi connectivity index (χ3n) is 6.03. The maximum Gasteiger partial charge on any atom is 0.0334 e. The zero-order chi connectivity index (χ0) is 15.5. The van der Waals surface area contributed by atoms with Crippen molar-refractivity contribution in [1.29, 1.82) is 0 Å². The van der Waals surface area contributed by atoms with E-state index in [4.69, 9.17) is 0 Å². The Labute approximate surface area is 133 Å². The predicted octanol–water partition coefficient (Wildman–Crippen LogP) is 4.45. The Hall–Kier alpha value is -0.0800. The molecule has 124 valence electrons. The second kappa shape index (κ2) is 7.00. The third kappa shape index (κ3) is 4.45. The van der Waals surface area contributed by atoms with Gasteiger partial charge >= 0.3 is 0 Å². The molecule has 0 radical (unpaired) electrons. The first kappa shape index (κ1) is 17.3. The lowest BCUT2D eigenvalue weighted by Gasteiger charge is -2.53. The van der Waals surface area contributed by atoms with E-state index in [2.05, 4.69) is 44.8 Å². The summed E-state index contributed by atoms with van der Waals surface area (Å²) in [5, 5.41) is 3.92. The molecule has 2 nitrogen and oxygen atoms in total. The van der Waals surface area contributed by atoms with Gasteiger partial charge in [-0.3, -0.25) is 4.90 Å². The van der Waals surface area contributed by atoms with E-state index in [9.17, 15) is 0 Å². The third-order valence-corrected chi connectivity index (χ3v) is 6.03. The summed E-state index contributed by atoms with van der Waals surface area (Å²) in [6.07, 6.45) is 9.75. The van der Waals surface area contributed by atoms with Crippen molar-refractivity contribution in [3.63, 3.8) is 0 Å². The molecule has 1 saturated carbocycles. The Balaban J connectivity index is 2.05. The maximum absolute atomic E-state index is 3.92. The molecule has 2 rings (SSSR count). The fraction of sp³-hybridized carbons (Fsp3) is 1.00. The highest BCUT2D eigenvalue weighted by Gasteiger charge is 2.42. The highest BCUT2D eigenvalue weighted by molar-refractivity contribution is 5.01. The van der Waals surface area contributed by atoms with Gasteiger partial charge in [-0.25, -0.2) is 0 Å². The topological polar surface area (TPSA) is 15.3 Å². The van der Waals surface area contributed by atoms with E-state index >= 15 is 0 Å². The van der Waals surface area contributed by atoms with E-state index in [1.165, 1.54) is 64.6 Å². The van der Waals surface area contributed by atoms with Crippen molar-refractivity contribution in [2.75, 3.05) is 19.6 Å². The Bertz CT molecular complexity index is 312. The molecule has 0 aromatic rings. The first-order valence-electron chi connectivity index (χ1n) is 9.35. The zero-order valence-electron chi connectivity index (χ0n) is 15.2. The van der Waals surface area contributed by atoms with Crippen molar-refractivity contribution in [2.24, 2.45) is 11.3 Å². The fourth-order valence-corrected chi connectivity index (χ4v) is 4.10. The number of hydrogen-bond donors (Lipinski definition) is 1. The molecule has 2 heteroatoms.